The molecule has 0 aliphatic rings. The number of ketones is 1. The van der Waals surface area contributed by atoms with Crippen LogP contribution in [0.15, 0.2) is 29.1 Å². The molecule has 0 unspecified atom stereocenters. The zero-order chi connectivity index (χ0) is 18.9. The number of hydrogen-bond acceptors (Lipinski definition) is 2. The Labute approximate surface area is 145 Å². The summed E-state index contributed by atoms with van der Waals surface area (Å²) in [5.74, 6) is -1.23. The maximum Gasteiger partial charge on any atom is 0.431 e. The number of Topliss-reactive ketones (excluding diaryl/α,β-unsaturated/α-hetero) is 1. The van der Waals surface area contributed by atoms with Crippen molar-refractivity contribution in [2.75, 3.05) is 0 Å². The van der Waals surface area contributed by atoms with Crippen molar-refractivity contribution < 1.29 is 22.4 Å². The van der Waals surface area contributed by atoms with E-state index in [1.807, 2.05) is 0 Å². The number of carbonyl (C=O) groups excluding carboxylic acids is 1. The Hall–Kier alpha value is -2.15. The molecule has 0 spiro atoms. The molecule has 0 atom stereocenters. The van der Waals surface area contributed by atoms with E-state index in [9.17, 15) is 27.2 Å². The molecule has 0 amide bonds. The van der Waals surface area contributed by atoms with E-state index in [1.165, 1.54) is 0 Å². The minimum absolute atomic E-state index is 0.0295. The van der Waals surface area contributed by atoms with E-state index < -0.39 is 23.2 Å². The Morgan fingerprint density at radius 3 is 2.40 bits per heavy atom. The number of benzene rings is 1. The van der Waals surface area contributed by atoms with Gasteiger partial charge in [-0.25, -0.2) is 4.39 Å². The predicted octanol–water partition coefficient (Wildman–Crippen LogP) is 4.85. The van der Waals surface area contributed by atoms with Crippen LogP contribution in [0, 0.1) is 5.82 Å². The molecule has 0 saturated carbocycles. The topological polar surface area (TPSA) is 39.1 Å². The number of halogens is 5. The first-order valence-electron chi connectivity index (χ1n) is 7.37. The van der Waals surface area contributed by atoms with Crippen LogP contribution in [0.2, 0.25) is 5.02 Å². The standard InChI is InChI=1S/C17H14ClF4NO2/c1-3-4-14(24)11-7-10(13(19)8-12(11)18)9-5-6-15(17(20,21)22)23(2)16(9)25/h5-8H,3-4H2,1-2H3. The average Bonchev–Trinajstić information content (AvgIpc) is 2.49. The van der Waals surface area contributed by atoms with Crippen molar-refractivity contribution in [2.24, 2.45) is 7.05 Å². The molecule has 8 heteroatoms. The van der Waals surface area contributed by atoms with Gasteiger partial charge in [-0.2, -0.15) is 13.2 Å². The third kappa shape index (κ3) is 3.76. The summed E-state index contributed by atoms with van der Waals surface area (Å²) in [6.45, 7) is 1.78. The fourth-order valence-electron chi connectivity index (χ4n) is 2.46. The van der Waals surface area contributed by atoms with Gasteiger partial charge >= 0.3 is 6.18 Å². The van der Waals surface area contributed by atoms with Crippen molar-refractivity contribution in [3.63, 3.8) is 0 Å². The van der Waals surface area contributed by atoms with Gasteiger partial charge in [0.15, 0.2) is 5.78 Å². The highest BCUT2D eigenvalue weighted by Gasteiger charge is 2.34. The molecule has 0 radical (unpaired) electrons. The van der Waals surface area contributed by atoms with Crippen LogP contribution in [-0.2, 0) is 13.2 Å². The number of nitrogens with zero attached hydrogens (tertiary/aromatic N) is 1. The molecular formula is C17H14ClF4NO2. The lowest BCUT2D eigenvalue weighted by molar-refractivity contribution is -0.143. The molecule has 0 aliphatic heterocycles. The van der Waals surface area contributed by atoms with E-state index in [0.29, 0.717) is 17.1 Å². The third-order valence-electron chi connectivity index (χ3n) is 3.72. The quantitative estimate of drug-likeness (QED) is 0.566. The Morgan fingerprint density at radius 1 is 1.20 bits per heavy atom. The summed E-state index contributed by atoms with van der Waals surface area (Å²) in [6.07, 6.45) is -3.99. The van der Waals surface area contributed by atoms with Crippen LogP contribution < -0.4 is 5.56 Å². The van der Waals surface area contributed by atoms with Crippen molar-refractivity contribution in [1.82, 2.24) is 4.57 Å². The molecule has 0 N–H and O–H groups in total. The van der Waals surface area contributed by atoms with Crippen LogP contribution in [0.3, 0.4) is 0 Å². The van der Waals surface area contributed by atoms with E-state index in [1.54, 1.807) is 6.92 Å². The second kappa shape index (κ2) is 7.00. The maximum atomic E-state index is 14.2. The first-order chi connectivity index (χ1) is 11.6. The number of hydrogen-bond donors (Lipinski definition) is 0. The van der Waals surface area contributed by atoms with Gasteiger partial charge in [-0.1, -0.05) is 18.5 Å². The van der Waals surface area contributed by atoms with Gasteiger partial charge in [-0.15, -0.1) is 0 Å². The summed E-state index contributed by atoms with van der Waals surface area (Å²) >= 11 is 5.88. The van der Waals surface area contributed by atoms with Crippen LogP contribution >= 0.6 is 11.6 Å². The highest BCUT2D eigenvalue weighted by atomic mass is 35.5. The summed E-state index contributed by atoms with van der Waals surface area (Å²) in [6, 6.07) is 3.58. The summed E-state index contributed by atoms with van der Waals surface area (Å²) in [5.41, 5.74) is -2.70. The molecule has 0 saturated heterocycles. The van der Waals surface area contributed by atoms with Crippen LogP contribution in [-0.4, -0.2) is 10.4 Å². The highest BCUT2D eigenvalue weighted by molar-refractivity contribution is 6.34. The third-order valence-corrected chi connectivity index (χ3v) is 4.03. The lowest BCUT2D eigenvalue weighted by atomic mass is 9.99. The maximum absolute atomic E-state index is 14.2. The first-order valence-corrected chi connectivity index (χ1v) is 7.75. The van der Waals surface area contributed by atoms with Gasteiger partial charge in [0.2, 0.25) is 0 Å². The van der Waals surface area contributed by atoms with Crippen molar-refractivity contribution in [1.29, 1.82) is 0 Å². The molecule has 25 heavy (non-hydrogen) atoms. The fourth-order valence-corrected chi connectivity index (χ4v) is 2.71. The first kappa shape index (κ1) is 19.2. The summed E-state index contributed by atoms with van der Waals surface area (Å²) in [7, 11) is 0.950. The monoisotopic (exact) mass is 375 g/mol. The molecule has 3 nitrogen and oxygen atoms in total. The lowest BCUT2D eigenvalue weighted by Crippen LogP contribution is -2.26. The highest BCUT2D eigenvalue weighted by Crippen LogP contribution is 2.31. The normalized spacial score (nSPS) is 11.6. The van der Waals surface area contributed by atoms with Crippen LogP contribution in [0.25, 0.3) is 11.1 Å². The van der Waals surface area contributed by atoms with Gasteiger partial charge in [0.05, 0.1) is 10.6 Å². The molecular weight excluding hydrogens is 362 g/mol. The number of carbonyl (C=O) groups is 1. The molecule has 0 aliphatic carbocycles. The van der Waals surface area contributed by atoms with Gasteiger partial charge in [-0.05, 0) is 30.7 Å². The molecule has 0 fully saturated rings. The summed E-state index contributed by atoms with van der Waals surface area (Å²) in [5, 5.41) is -0.108. The number of alkyl halides is 3. The molecule has 1 aromatic heterocycles. The van der Waals surface area contributed by atoms with E-state index >= 15 is 0 Å². The van der Waals surface area contributed by atoms with Crippen molar-refractivity contribution in [2.45, 2.75) is 25.9 Å². The SMILES string of the molecule is CCCC(=O)c1cc(-c2ccc(C(F)(F)F)n(C)c2=O)c(F)cc1Cl. The van der Waals surface area contributed by atoms with E-state index in [0.717, 1.165) is 25.2 Å². The number of aromatic nitrogens is 1. The van der Waals surface area contributed by atoms with Gasteiger partial charge in [-0.3, -0.25) is 9.59 Å². The van der Waals surface area contributed by atoms with Gasteiger partial charge in [0.25, 0.3) is 5.56 Å². The summed E-state index contributed by atoms with van der Waals surface area (Å²) < 4.78 is 53.2. The Morgan fingerprint density at radius 2 is 1.84 bits per heavy atom. The van der Waals surface area contributed by atoms with E-state index in [2.05, 4.69) is 0 Å². The molecule has 2 aromatic rings. The Bertz CT molecular complexity index is 887. The van der Waals surface area contributed by atoms with Crippen molar-refractivity contribution in [3.8, 4) is 11.1 Å². The second-order valence-corrected chi connectivity index (χ2v) is 5.89. The van der Waals surface area contributed by atoms with Crippen LogP contribution in [0.4, 0.5) is 17.6 Å². The van der Waals surface area contributed by atoms with Crippen LogP contribution in [0.5, 0.6) is 0 Å². The summed E-state index contributed by atoms with van der Waals surface area (Å²) in [4.78, 5) is 24.3. The smallest absolute Gasteiger partial charge is 0.307 e. The van der Waals surface area contributed by atoms with E-state index in [4.69, 9.17) is 11.6 Å². The zero-order valence-corrected chi connectivity index (χ0v) is 14.1. The average molecular weight is 376 g/mol. The molecule has 2 rings (SSSR count). The minimum Gasteiger partial charge on any atom is -0.307 e. The Kier molecular flexibility index (Phi) is 5.37. The molecule has 1 heterocycles. The zero-order valence-electron chi connectivity index (χ0n) is 13.4. The molecule has 0 bridgehead atoms. The van der Waals surface area contributed by atoms with Crippen molar-refractivity contribution >= 4 is 17.4 Å². The molecule has 1 aromatic carbocycles. The largest absolute Gasteiger partial charge is 0.431 e. The number of rotatable bonds is 4. The number of pyridine rings is 1. The van der Waals surface area contributed by atoms with Crippen LogP contribution in [0.1, 0.15) is 35.8 Å². The molecule has 134 valence electrons. The Balaban J connectivity index is 2.67. The van der Waals surface area contributed by atoms with E-state index in [-0.39, 0.29) is 33.9 Å². The second-order valence-electron chi connectivity index (χ2n) is 5.48. The minimum atomic E-state index is -4.72. The van der Waals surface area contributed by atoms with Crippen molar-refractivity contribution in [3.05, 3.63) is 56.7 Å². The van der Waals surface area contributed by atoms with Gasteiger partial charge in [0, 0.05) is 24.6 Å². The predicted molar refractivity (Wildman–Crippen MR) is 86.3 cm³/mol. The fraction of sp³-hybridized carbons (Fsp3) is 0.294. The van der Waals surface area contributed by atoms with Gasteiger partial charge in [0.1, 0.15) is 11.5 Å². The van der Waals surface area contributed by atoms with Gasteiger partial charge < -0.3 is 4.57 Å². The lowest BCUT2D eigenvalue weighted by Gasteiger charge is -2.14.